The van der Waals surface area contributed by atoms with E-state index in [0.717, 1.165) is 70.6 Å². The van der Waals surface area contributed by atoms with Crippen molar-refractivity contribution >= 4 is 11.9 Å². The SMILES string of the molecule is CC/C=C/C/C=C/C/C=C/C/C=C/C/C=C/CCC(=O)OC(CCCCCCCCC)CC(=O)NC(CO)C(O)CCCCCCCCCCC. The topological polar surface area (TPSA) is 95.9 Å². The first kappa shape index (κ1) is 48.6. The summed E-state index contributed by atoms with van der Waals surface area (Å²) in [5, 5.41) is 23.4. The average molecular weight is 714 g/mol. The molecule has 0 aliphatic heterocycles. The number of esters is 1. The van der Waals surface area contributed by atoms with Gasteiger partial charge in [-0.2, -0.15) is 0 Å². The maximum Gasteiger partial charge on any atom is 0.306 e. The van der Waals surface area contributed by atoms with Crippen LogP contribution >= 0.6 is 0 Å². The molecule has 0 rings (SSSR count). The van der Waals surface area contributed by atoms with Crippen LogP contribution in [0.1, 0.15) is 188 Å². The van der Waals surface area contributed by atoms with E-state index < -0.39 is 18.2 Å². The molecule has 0 aromatic rings. The molecule has 3 unspecified atom stereocenters. The summed E-state index contributed by atoms with van der Waals surface area (Å²) in [6, 6.07) is -0.711. The molecule has 3 N–H and O–H groups in total. The first-order chi connectivity index (χ1) is 25.0. The second-order valence-corrected chi connectivity index (χ2v) is 14.0. The third-order valence-corrected chi connectivity index (χ3v) is 9.12. The third kappa shape index (κ3) is 34.4. The first-order valence-electron chi connectivity index (χ1n) is 21.0. The molecule has 0 spiro atoms. The second kappa shape index (κ2) is 38.8. The van der Waals surface area contributed by atoms with Crippen LogP contribution in [-0.2, 0) is 14.3 Å². The van der Waals surface area contributed by atoms with Gasteiger partial charge < -0.3 is 20.3 Å². The highest BCUT2D eigenvalue weighted by Crippen LogP contribution is 2.16. The monoisotopic (exact) mass is 714 g/mol. The molecule has 51 heavy (non-hydrogen) atoms. The van der Waals surface area contributed by atoms with E-state index in [1.807, 2.05) is 6.08 Å². The number of unbranched alkanes of at least 4 members (excludes halogenated alkanes) is 14. The number of hydrogen-bond donors (Lipinski definition) is 3. The van der Waals surface area contributed by atoms with Gasteiger partial charge in [0.05, 0.1) is 25.2 Å². The Morgan fingerprint density at radius 3 is 1.49 bits per heavy atom. The summed E-state index contributed by atoms with van der Waals surface area (Å²) in [5.74, 6) is -0.584. The predicted octanol–water partition coefficient (Wildman–Crippen LogP) is 11.7. The molecule has 6 nitrogen and oxygen atoms in total. The van der Waals surface area contributed by atoms with Crippen molar-refractivity contribution in [2.75, 3.05) is 6.61 Å². The quantitative estimate of drug-likeness (QED) is 0.0341. The zero-order valence-electron chi connectivity index (χ0n) is 33.2. The fourth-order valence-electron chi connectivity index (χ4n) is 5.95. The number of allylic oxidation sites excluding steroid dienone is 10. The Balaban J connectivity index is 4.61. The molecule has 0 saturated heterocycles. The molecule has 0 aliphatic carbocycles. The Kier molecular flexibility index (Phi) is 36.9. The number of carbonyl (C=O) groups excluding carboxylic acids is 2. The lowest BCUT2D eigenvalue weighted by molar-refractivity contribution is -0.150. The minimum atomic E-state index is -0.795. The van der Waals surface area contributed by atoms with Gasteiger partial charge in [0.1, 0.15) is 6.10 Å². The molecule has 3 atom stereocenters. The molecule has 0 heterocycles. The summed E-state index contributed by atoms with van der Waals surface area (Å²) >= 11 is 0. The minimum absolute atomic E-state index is 0.0461. The highest BCUT2D eigenvalue weighted by atomic mass is 16.5. The highest BCUT2D eigenvalue weighted by Gasteiger charge is 2.23. The Hall–Kier alpha value is -2.44. The van der Waals surface area contributed by atoms with E-state index in [9.17, 15) is 19.8 Å². The van der Waals surface area contributed by atoms with E-state index in [1.165, 1.54) is 64.2 Å². The van der Waals surface area contributed by atoms with Crippen LogP contribution in [0.2, 0.25) is 0 Å². The third-order valence-electron chi connectivity index (χ3n) is 9.12. The van der Waals surface area contributed by atoms with Crippen LogP contribution in [0.15, 0.2) is 60.8 Å². The number of ether oxygens (including phenoxy) is 1. The van der Waals surface area contributed by atoms with Crippen molar-refractivity contribution in [2.24, 2.45) is 0 Å². The van der Waals surface area contributed by atoms with Gasteiger partial charge in [-0.25, -0.2) is 0 Å². The summed E-state index contributed by atoms with van der Waals surface area (Å²) in [4.78, 5) is 25.7. The molecule has 6 heteroatoms. The highest BCUT2D eigenvalue weighted by molar-refractivity contribution is 5.77. The van der Waals surface area contributed by atoms with Gasteiger partial charge in [-0.3, -0.25) is 9.59 Å². The lowest BCUT2D eigenvalue weighted by atomic mass is 10.0. The van der Waals surface area contributed by atoms with E-state index in [1.54, 1.807) is 0 Å². The number of aliphatic hydroxyl groups is 2. The van der Waals surface area contributed by atoms with Crippen LogP contribution in [0.5, 0.6) is 0 Å². The van der Waals surface area contributed by atoms with Gasteiger partial charge >= 0.3 is 5.97 Å². The Labute approximate surface area is 314 Å². The van der Waals surface area contributed by atoms with Gasteiger partial charge in [0.15, 0.2) is 0 Å². The molecular weight excluding hydrogens is 634 g/mol. The normalized spacial score (nSPS) is 14.1. The second-order valence-electron chi connectivity index (χ2n) is 14.0. The average Bonchev–Trinajstić information content (AvgIpc) is 3.12. The maximum atomic E-state index is 13.0. The molecule has 0 aromatic carbocycles. The van der Waals surface area contributed by atoms with Crippen LogP contribution in [0, 0.1) is 0 Å². The molecule has 0 aliphatic rings. The van der Waals surface area contributed by atoms with Crippen molar-refractivity contribution in [1.29, 1.82) is 0 Å². The largest absolute Gasteiger partial charge is 0.462 e. The van der Waals surface area contributed by atoms with Gasteiger partial charge in [0.2, 0.25) is 5.91 Å². The summed E-state index contributed by atoms with van der Waals surface area (Å²) in [7, 11) is 0. The van der Waals surface area contributed by atoms with E-state index in [-0.39, 0.29) is 31.3 Å². The van der Waals surface area contributed by atoms with E-state index in [2.05, 4.69) is 80.8 Å². The number of aliphatic hydroxyl groups excluding tert-OH is 2. The fourth-order valence-corrected chi connectivity index (χ4v) is 5.95. The van der Waals surface area contributed by atoms with Crippen molar-refractivity contribution in [1.82, 2.24) is 5.32 Å². The minimum Gasteiger partial charge on any atom is -0.462 e. The fraction of sp³-hybridized carbons (Fsp3) is 0.733. The summed E-state index contributed by atoms with van der Waals surface area (Å²) in [6.45, 7) is 6.27. The molecule has 0 bridgehead atoms. The number of amides is 1. The molecule has 0 fully saturated rings. The smallest absolute Gasteiger partial charge is 0.306 e. The zero-order chi connectivity index (χ0) is 37.5. The molecule has 294 valence electrons. The Bertz CT molecular complexity index is 937. The van der Waals surface area contributed by atoms with Gasteiger partial charge in [-0.15, -0.1) is 0 Å². The standard InChI is InChI=1S/C45H79NO5/c1-4-7-10-13-16-18-19-20-21-22-23-24-26-29-32-35-38-45(50)51-41(36-33-30-27-15-12-9-6-3)39-44(49)46-42(40-47)43(48)37-34-31-28-25-17-14-11-8-5-2/h7,10,16,18,20-21,23-24,29,32,41-43,47-48H,4-6,8-9,11-15,17,19,22,25-28,30-31,33-40H2,1-3H3,(H,46,49)/b10-7+,18-16+,21-20+,24-23+,32-29+. The van der Waals surface area contributed by atoms with Crippen LogP contribution in [0.3, 0.4) is 0 Å². The van der Waals surface area contributed by atoms with Crippen molar-refractivity contribution in [3.8, 4) is 0 Å². The van der Waals surface area contributed by atoms with Gasteiger partial charge in [0.25, 0.3) is 0 Å². The lowest BCUT2D eigenvalue weighted by Crippen LogP contribution is -2.46. The van der Waals surface area contributed by atoms with Crippen LogP contribution in [0.25, 0.3) is 0 Å². The lowest BCUT2D eigenvalue weighted by Gasteiger charge is -2.24. The Morgan fingerprint density at radius 1 is 0.588 bits per heavy atom. The van der Waals surface area contributed by atoms with E-state index in [0.29, 0.717) is 19.3 Å². The molecule has 1 amide bonds. The summed E-state index contributed by atoms with van der Waals surface area (Å²) in [6.07, 6.45) is 45.9. The maximum absolute atomic E-state index is 13.0. The molecule has 0 aromatic heterocycles. The predicted molar refractivity (Wildman–Crippen MR) is 218 cm³/mol. The van der Waals surface area contributed by atoms with Gasteiger partial charge in [-0.05, 0) is 57.8 Å². The van der Waals surface area contributed by atoms with Crippen LogP contribution < -0.4 is 5.32 Å². The van der Waals surface area contributed by atoms with Gasteiger partial charge in [0, 0.05) is 6.42 Å². The number of rotatable bonds is 36. The molecule has 0 saturated carbocycles. The summed E-state index contributed by atoms with van der Waals surface area (Å²) < 4.78 is 5.81. The number of carbonyl (C=O) groups is 2. The van der Waals surface area contributed by atoms with Gasteiger partial charge in [-0.1, -0.05) is 178 Å². The van der Waals surface area contributed by atoms with E-state index >= 15 is 0 Å². The van der Waals surface area contributed by atoms with Crippen molar-refractivity contribution in [2.45, 2.75) is 206 Å². The molecular formula is C45H79NO5. The number of nitrogens with one attached hydrogen (secondary N) is 1. The van der Waals surface area contributed by atoms with E-state index in [4.69, 9.17) is 4.74 Å². The van der Waals surface area contributed by atoms with Crippen molar-refractivity contribution in [3.63, 3.8) is 0 Å². The van der Waals surface area contributed by atoms with Crippen molar-refractivity contribution in [3.05, 3.63) is 60.8 Å². The Morgan fingerprint density at radius 2 is 1.02 bits per heavy atom. The summed E-state index contributed by atoms with van der Waals surface area (Å²) in [5.41, 5.74) is 0. The van der Waals surface area contributed by atoms with Crippen LogP contribution in [-0.4, -0.2) is 46.9 Å². The first-order valence-corrected chi connectivity index (χ1v) is 21.0. The van der Waals surface area contributed by atoms with Crippen LogP contribution in [0.4, 0.5) is 0 Å². The number of hydrogen-bond acceptors (Lipinski definition) is 5. The van der Waals surface area contributed by atoms with Crippen molar-refractivity contribution < 1.29 is 24.5 Å². The molecule has 0 radical (unpaired) electrons. The zero-order valence-corrected chi connectivity index (χ0v) is 33.2.